The molecule has 28 heavy (non-hydrogen) atoms. The third kappa shape index (κ3) is 3.83. The standard InChI is InChI=1S/C19H23N7O2/c20-16(27)14-10-22-19(25-18(14)23-11-3-4-11)24-12-5-7-13(8-6-12)26-9-1-2-15(26)17(21)28/h5-8,10-11,15H,1-4,9H2,(H2,20,27)(H2,21,28)(H2,22,23,24,25). The Morgan fingerprint density at radius 1 is 1.11 bits per heavy atom. The molecule has 0 bridgehead atoms. The van der Waals surface area contributed by atoms with Crippen molar-refractivity contribution in [3.63, 3.8) is 0 Å². The number of hydrogen-bond acceptors (Lipinski definition) is 7. The number of carbonyl (C=O) groups excluding carboxylic acids is 2. The van der Waals surface area contributed by atoms with Crippen LogP contribution in [-0.4, -0.2) is 40.4 Å². The fourth-order valence-electron chi connectivity index (χ4n) is 3.39. The first-order chi connectivity index (χ1) is 13.5. The summed E-state index contributed by atoms with van der Waals surface area (Å²) in [5.74, 6) is -0.0328. The van der Waals surface area contributed by atoms with Gasteiger partial charge >= 0.3 is 0 Å². The molecule has 1 saturated carbocycles. The van der Waals surface area contributed by atoms with Crippen LogP contribution >= 0.6 is 0 Å². The Morgan fingerprint density at radius 2 is 1.86 bits per heavy atom. The monoisotopic (exact) mass is 381 g/mol. The van der Waals surface area contributed by atoms with Crippen LogP contribution in [0.3, 0.4) is 0 Å². The maximum Gasteiger partial charge on any atom is 0.254 e. The van der Waals surface area contributed by atoms with Gasteiger partial charge in [-0.1, -0.05) is 0 Å². The Hall–Kier alpha value is -3.36. The van der Waals surface area contributed by atoms with Crippen molar-refractivity contribution in [2.75, 3.05) is 22.1 Å². The average Bonchev–Trinajstić information content (AvgIpc) is 3.33. The van der Waals surface area contributed by atoms with Crippen LogP contribution in [-0.2, 0) is 4.79 Å². The van der Waals surface area contributed by atoms with Crippen molar-refractivity contribution in [3.8, 4) is 0 Å². The van der Waals surface area contributed by atoms with Gasteiger partial charge in [0.2, 0.25) is 11.9 Å². The van der Waals surface area contributed by atoms with Crippen molar-refractivity contribution in [2.24, 2.45) is 11.5 Å². The molecule has 2 fully saturated rings. The first-order valence-corrected chi connectivity index (χ1v) is 9.37. The Labute approximate surface area is 162 Å². The van der Waals surface area contributed by atoms with Crippen molar-refractivity contribution >= 4 is 35.0 Å². The van der Waals surface area contributed by atoms with Gasteiger partial charge < -0.3 is 27.0 Å². The molecule has 2 amide bonds. The zero-order valence-electron chi connectivity index (χ0n) is 15.4. The van der Waals surface area contributed by atoms with Crippen molar-refractivity contribution in [3.05, 3.63) is 36.0 Å². The molecule has 6 N–H and O–H groups in total. The summed E-state index contributed by atoms with van der Waals surface area (Å²) in [5.41, 5.74) is 12.9. The van der Waals surface area contributed by atoms with Crippen LogP contribution in [0.25, 0.3) is 0 Å². The minimum Gasteiger partial charge on any atom is -0.368 e. The van der Waals surface area contributed by atoms with E-state index in [0.717, 1.165) is 43.6 Å². The molecule has 1 aliphatic heterocycles. The van der Waals surface area contributed by atoms with E-state index >= 15 is 0 Å². The zero-order valence-corrected chi connectivity index (χ0v) is 15.4. The van der Waals surface area contributed by atoms with E-state index in [1.807, 2.05) is 29.2 Å². The SMILES string of the molecule is NC(=O)c1cnc(Nc2ccc(N3CCCC3C(N)=O)cc2)nc1NC1CC1. The first kappa shape index (κ1) is 18.0. The van der Waals surface area contributed by atoms with E-state index < -0.39 is 5.91 Å². The Kier molecular flexibility index (Phi) is 4.72. The normalized spacial score (nSPS) is 18.7. The Morgan fingerprint density at radius 3 is 2.50 bits per heavy atom. The lowest BCUT2D eigenvalue weighted by Crippen LogP contribution is -2.40. The lowest BCUT2D eigenvalue weighted by atomic mass is 10.2. The summed E-state index contributed by atoms with van der Waals surface area (Å²) in [6.07, 6.45) is 5.26. The number of carbonyl (C=O) groups is 2. The van der Waals surface area contributed by atoms with Crippen LogP contribution in [0.1, 0.15) is 36.0 Å². The number of rotatable bonds is 7. The molecule has 0 spiro atoms. The fraction of sp³-hybridized carbons (Fsp3) is 0.368. The number of benzene rings is 1. The van der Waals surface area contributed by atoms with E-state index in [1.165, 1.54) is 6.20 Å². The van der Waals surface area contributed by atoms with E-state index in [0.29, 0.717) is 17.8 Å². The van der Waals surface area contributed by atoms with Crippen LogP contribution in [0.4, 0.5) is 23.1 Å². The van der Waals surface area contributed by atoms with Gasteiger partial charge in [0.25, 0.3) is 5.91 Å². The second-order valence-electron chi connectivity index (χ2n) is 7.16. The number of aromatic nitrogens is 2. The molecular formula is C19H23N7O2. The summed E-state index contributed by atoms with van der Waals surface area (Å²) in [5, 5.41) is 6.34. The van der Waals surface area contributed by atoms with Gasteiger partial charge in [-0.2, -0.15) is 4.98 Å². The number of primary amides is 2. The van der Waals surface area contributed by atoms with Crippen LogP contribution in [0.2, 0.25) is 0 Å². The van der Waals surface area contributed by atoms with Gasteiger partial charge in [-0.25, -0.2) is 4.98 Å². The van der Waals surface area contributed by atoms with Gasteiger partial charge in [-0.05, 0) is 49.9 Å². The first-order valence-electron chi connectivity index (χ1n) is 9.37. The Bertz CT molecular complexity index is 896. The van der Waals surface area contributed by atoms with Crippen molar-refractivity contribution in [1.82, 2.24) is 9.97 Å². The highest BCUT2D eigenvalue weighted by Gasteiger charge is 2.29. The Balaban J connectivity index is 1.50. The molecule has 2 aliphatic rings. The van der Waals surface area contributed by atoms with E-state index in [-0.39, 0.29) is 17.5 Å². The van der Waals surface area contributed by atoms with Crippen molar-refractivity contribution in [1.29, 1.82) is 0 Å². The fourth-order valence-corrected chi connectivity index (χ4v) is 3.39. The largest absolute Gasteiger partial charge is 0.368 e. The highest BCUT2D eigenvalue weighted by Crippen LogP contribution is 2.28. The second kappa shape index (κ2) is 7.34. The summed E-state index contributed by atoms with van der Waals surface area (Å²) in [6.45, 7) is 0.814. The molecule has 1 unspecified atom stereocenters. The van der Waals surface area contributed by atoms with Crippen LogP contribution in [0.15, 0.2) is 30.5 Å². The van der Waals surface area contributed by atoms with Crippen molar-refractivity contribution < 1.29 is 9.59 Å². The summed E-state index contributed by atoms with van der Waals surface area (Å²) >= 11 is 0. The zero-order chi connectivity index (χ0) is 19.7. The lowest BCUT2D eigenvalue weighted by molar-refractivity contribution is -0.119. The van der Waals surface area contributed by atoms with Gasteiger partial charge in [0.1, 0.15) is 11.9 Å². The maximum absolute atomic E-state index is 11.6. The molecule has 2 heterocycles. The topological polar surface area (TPSA) is 139 Å². The van der Waals surface area contributed by atoms with Gasteiger partial charge in [-0.3, -0.25) is 9.59 Å². The molecule has 1 saturated heterocycles. The lowest BCUT2D eigenvalue weighted by Gasteiger charge is -2.24. The summed E-state index contributed by atoms with van der Waals surface area (Å²) in [4.78, 5) is 33.8. The third-order valence-corrected chi connectivity index (χ3v) is 5.01. The third-order valence-electron chi connectivity index (χ3n) is 5.01. The van der Waals surface area contributed by atoms with Gasteiger partial charge in [0.15, 0.2) is 0 Å². The predicted octanol–water partition coefficient (Wildman–Crippen LogP) is 1.35. The minimum absolute atomic E-state index is 0.250. The molecule has 1 atom stereocenters. The number of nitrogens with one attached hydrogen (secondary N) is 2. The molecule has 1 aromatic heterocycles. The summed E-state index contributed by atoms with van der Waals surface area (Å²) in [7, 11) is 0. The van der Waals surface area contributed by atoms with E-state index in [4.69, 9.17) is 11.5 Å². The molecule has 9 nitrogen and oxygen atoms in total. The molecule has 4 rings (SSSR count). The average molecular weight is 381 g/mol. The van der Waals surface area contributed by atoms with E-state index in [2.05, 4.69) is 20.6 Å². The van der Waals surface area contributed by atoms with Crippen LogP contribution in [0, 0.1) is 0 Å². The molecule has 146 valence electrons. The van der Waals surface area contributed by atoms with Crippen molar-refractivity contribution in [2.45, 2.75) is 37.8 Å². The second-order valence-corrected chi connectivity index (χ2v) is 7.16. The highest BCUT2D eigenvalue weighted by molar-refractivity contribution is 5.97. The molecule has 0 radical (unpaired) electrons. The number of anilines is 4. The van der Waals surface area contributed by atoms with Gasteiger partial charge in [0, 0.05) is 30.2 Å². The summed E-state index contributed by atoms with van der Waals surface area (Å²) in [6, 6.07) is 7.74. The number of amides is 2. The molecule has 9 heteroatoms. The number of hydrogen-bond donors (Lipinski definition) is 4. The van der Waals surface area contributed by atoms with Crippen LogP contribution in [0.5, 0.6) is 0 Å². The molecule has 2 aromatic rings. The molecule has 1 aromatic carbocycles. The minimum atomic E-state index is -0.561. The predicted molar refractivity (Wildman–Crippen MR) is 106 cm³/mol. The van der Waals surface area contributed by atoms with Gasteiger partial charge in [-0.15, -0.1) is 0 Å². The quantitative estimate of drug-likeness (QED) is 0.567. The molecule has 1 aliphatic carbocycles. The number of nitrogens with zero attached hydrogens (tertiary/aromatic N) is 3. The highest BCUT2D eigenvalue weighted by atomic mass is 16.1. The van der Waals surface area contributed by atoms with Crippen LogP contribution < -0.4 is 27.0 Å². The molecular weight excluding hydrogens is 358 g/mol. The van der Waals surface area contributed by atoms with E-state index in [9.17, 15) is 9.59 Å². The smallest absolute Gasteiger partial charge is 0.254 e. The summed E-state index contributed by atoms with van der Waals surface area (Å²) < 4.78 is 0. The van der Waals surface area contributed by atoms with E-state index in [1.54, 1.807) is 0 Å². The number of nitrogens with two attached hydrogens (primary N) is 2. The van der Waals surface area contributed by atoms with Gasteiger partial charge in [0.05, 0.1) is 5.56 Å². The maximum atomic E-state index is 11.6.